The van der Waals surface area contributed by atoms with Gasteiger partial charge in [0.15, 0.2) is 0 Å². The Labute approximate surface area is 181 Å². The highest BCUT2D eigenvalue weighted by Crippen LogP contribution is 2.35. The number of aromatic nitrogens is 2. The molecule has 4 rings (SSSR count). The second kappa shape index (κ2) is 8.51. The third-order valence-corrected chi connectivity index (χ3v) is 6.25. The molecule has 0 bridgehead atoms. The quantitative estimate of drug-likeness (QED) is 0.450. The van der Waals surface area contributed by atoms with Gasteiger partial charge in [0, 0.05) is 17.1 Å². The fourth-order valence-corrected chi connectivity index (χ4v) is 4.50. The van der Waals surface area contributed by atoms with Crippen LogP contribution in [0.4, 0.5) is 9.52 Å². The highest BCUT2D eigenvalue weighted by molar-refractivity contribution is 7.93. The minimum atomic E-state index is -3.95. The molecule has 0 aliphatic rings. The van der Waals surface area contributed by atoms with Crippen molar-refractivity contribution >= 4 is 26.7 Å². The van der Waals surface area contributed by atoms with E-state index in [0.717, 1.165) is 11.5 Å². The molecule has 1 N–H and O–H groups in total. The van der Waals surface area contributed by atoms with Crippen molar-refractivity contribution in [3.63, 3.8) is 0 Å². The van der Waals surface area contributed by atoms with Gasteiger partial charge in [-0.2, -0.15) is 9.64 Å². The van der Waals surface area contributed by atoms with Gasteiger partial charge in [0.2, 0.25) is 5.13 Å². The summed E-state index contributed by atoms with van der Waals surface area (Å²) in [6, 6.07) is 18.9. The zero-order chi connectivity index (χ0) is 21.8. The zero-order valence-corrected chi connectivity index (χ0v) is 17.3. The van der Waals surface area contributed by atoms with E-state index in [4.69, 9.17) is 4.74 Å². The van der Waals surface area contributed by atoms with Crippen LogP contribution in [0.5, 0.6) is 11.5 Å². The average molecular weight is 452 g/mol. The molecule has 0 unspecified atom stereocenters. The molecule has 31 heavy (non-hydrogen) atoms. The van der Waals surface area contributed by atoms with Crippen LogP contribution in [0.2, 0.25) is 0 Å². The van der Waals surface area contributed by atoms with E-state index in [-0.39, 0.29) is 27.2 Å². The Balaban J connectivity index is 1.67. The van der Waals surface area contributed by atoms with Crippen LogP contribution >= 0.6 is 11.5 Å². The maximum absolute atomic E-state index is 13.7. The second-order valence-electron chi connectivity index (χ2n) is 6.23. The van der Waals surface area contributed by atoms with Crippen LogP contribution in [0.15, 0.2) is 78.0 Å². The molecule has 0 amide bonds. The monoisotopic (exact) mass is 452 g/mol. The van der Waals surface area contributed by atoms with E-state index < -0.39 is 10.0 Å². The lowest BCUT2D eigenvalue weighted by Gasteiger charge is -2.13. The first-order chi connectivity index (χ1) is 15.0. The van der Waals surface area contributed by atoms with Crippen LogP contribution < -0.4 is 9.46 Å². The van der Waals surface area contributed by atoms with Crippen molar-refractivity contribution in [1.29, 1.82) is 5.26 Å². The lowest BCUT2D eigenvalue weighted by atomic mass is 10.0. The number of para-hydroxylation sites is 1. The SMILES string of the molecule is N#Cc1cc(S(=O)(=O)Nc2ncns2)ccc1Oc1ccccc1-c1cccc(F)c1. The Morgan fingerprint density at radius 3 is 2.61 bits per heavy atom. The van der Waals surface area contributed by atoms with Gasteiger partial charge in [-0.05, 0) is 42.0 Å². The summed E-state index contributed by atoms with van der Waals surface area (Å²) in [7, 11) is -3.95. The molecule has 7 nitrogen and oxygen atoms in total. The summed E-state index contributed by atoms with van der Waals surface area (Å²) in [5, 5.41) is 9.66. The topological polar surface area (TPSA) is 105 Å². The molecular formula is C21H13FN4O3S2. The Bertz CT molecular complexity index is 1380. The highest BCUT2D eigenvalue weighted by atomic mass is 32.2. The zero-order valence-electron chi connectivity index (χ0n) is 15.7. The van der Waals surface area contributed by atoms with Crippen molar-refractivity contribution in [2.24, 2.45) is 0 Å². The molecule has 3 aromatic carbocycles. The molecule has 154 valence electrons. The van der Waals surface area contributed by atoms with Gasteiger partial charge in [-0.25, -0.2) is 17.8 Å². The minimum absolute atomic E-state index is 0.0224. The fourth-order valence-electron chi connectivity index (χ4n) is 2.81. The van der Waals surface area contributed by atoms with Gasteiger partial charge in [-0.3, -0.25) is 4.72 Å². The number of halogens is 1. The standard InChI is InChI=1S/C21H13FN4O3S2/c22-16-5-3-4-14(10-16)18-6-1-2-7-20(18)29-19-9-8-17(11-15(19)12-23)31(27,28)26-21-24-13-25-30-21/h1-11,13H,(H,24,25,26). The molecule has 0 saturated heterocycles. The van der Waals surface area contributed by atoms with Gasteiger partial charge in [-0.15, -0.1) is 0 Å². The fraction of sp³-hybridized carbons (Fsp3) is 0. The Kier molecular flexibility index (Phi) is 5.62. The first-order valence-corrected chi connectivity index (χ1v) is 11.1. The number of nitrogens with one attached hydrogen (secondary N) is 1. The number of rotatable bonds is 6. The van der Waals surface area contributed by atoms with E-state index in [0.29, 0.717) is 16.9 Å². The van der Waals surface area contributed by atoms with E-state index in [9.17, 15) is 18.1 Å². The number of sulfonamides is 1. The summed E-state index contributed by atoms with van der Waals surface area (Å²) in [4.78, 5) is 3.67. The molecular weight excluding hydrogens is 439 g/mol. The molecule has 10 heteroatoms. The molecule has 0 saturated carbocycles. The number of hydrogen-bond donors (Lipinski definition) is 1. The van der Waals surface area contributed by atoms with E-state index in [1.807, 2.05) is 6.07 Å². The van der Waals surface area contributed by atoms with Gasteiger partial charge < -0.3 is 4.74 Å². The van der Waals surface area contributed by atoms with Crippen molar-refractivity contribution in [3.8, 4) is 28.7 Å². The summed E-state index contributed by atoms with van der Waals surface area (Å²) in [5.41, 5.74) is 1.25. The molecule has 0 spiro atoms. The van der Waals surface area contributed by atoms with Crippen molar-refractivity contribution in [2.45, 2.75) is 4.90 Å². The van der Waals surface area contributed by atoms with Crippen LogP contribution in [0.25, 0.3) is 11.1 Å². The van der Waals surface area contributed by atoms with Gasteiger partial charge in [0.1, 0.15) is 29.7 Å². The Morgan fingerprint density at radius 2 is 1.87 bits per heavy atom. The van der Waals surface area contributed by atoms with Crippen molar-refractivity contribution < 1.29 is 17.5 Å². The molecule has 0 fully saturated rings. The van der Waals surface area contributed by atoms with Crippen LogP contribution in [0, 0.1) is 17.1 Å². The second-order valence-corrected chi connectivity index (χ2v) is 8.69. The predicted octanol–water partition coefficient (Wildman–Crippen LogP) is 4.81. The lowest BCUT2D eigenvalue weighted by Crippen LogP contribution is -2.13. The Hall–Kier alpha value is -3.81. The number of hydrogen-bond acceptors (Lipinski definition) is 7. The number of nitrogens with zero attached hydrogens (tertiary/aromatic N) is 3. The number of ether oxygens (including phenoxy) is 1. The van der Waals surface area contributed by atoms with Crippen molar-refractivity contribution in [2.75, 3.05) is 4.72 Å². The van der Waals surface area contributed by atoms with Gasteiger partial charge in [0.25, 0.3) is 10.0 Å². The third-order valence-electron chi connectivity index (χ3n) is 4.21. The van der Waals surface area contributed by atoms with Gasteiger partial charge in [-0.1, -0.05) is 30.3 Å². The highest BCUT2D eigenvalue weighted by Gasteiger charge is 2.19. The summed E-state index contributed by atoms with van der Waals surface area (Å²) in [5.74, 6) is 0.177. The van der Waals surface area contributed by atoms with E-state index in [1.165, 1.54) is 36.7 Å². The number of nitriles is 1. The normalized spacial score (nSPS) is 11.0. The van der Waals surface area contributed by atoms with Crippen molar-refractivity contribution in [3.05, 3.63) is 84.4 Å². The lowest BCUT2D eigenvalue weighted by molar-refractivity contribution is 0.482. The van der Waals surface area contributed by atoms with E-state index in [2.05, 4.69) is 14.1 Å². The molecule has 0 aliphatic heterocycles. The predicted molar refractivity (Wildman–Crippen MR) is 114 cm³/mol. The molecule has 0 radical (unpaired) electrons. The van der Waals surface area contributed by atoms with Crippen LogP contribution in [-0.4, -0.2) is 17.8 Å². The van der Waals surface area contributed by atoms with Crippen LogP contribution in [0.3, 0.4) is 0 Å². The first-order valence-electron chi connectivity index (χ1n) is 8.83. The summed E-state index contributed by atoms with van der Waals surface area (Å²) >= 11 is 0.892. The minimum Gasteiger partial charge on any atom is -0.455 e. The van der Waals surface area contributed by atoms with Gasteiger partial charge >= 0.3 is 0 Å². The average Bonchev–Trinajstić information content (AvgIpc) is 3.26. The number of anilines is 1. The number of benzene rings is 3. The maximum atomic E-state index is 13.7. The van der Waals surface area contributed by atoms with Gasteiger partial charge in [0.05, 0.1) is 10.5 Å². The smallest absolute Gasteiger partial charge is 0.263 e. The molecule has 1 heterocycles. The first kappa shape index (κ1) is 20.5. The van der Waals surface area contributed by atoms with Crippen LogP contribution in [0.1, 0.15) is 5.56 Å². The molecule has 1 aromatic heterocycles. The Morgan fingerprint density at radius 1 is 1.03 bits per heavy atom. The summed E-state index contributed by atoms with van der Waals surface area (Å²) < 4.78 is 50.7. The van der Waals surface area contributed by atoms with Crippen molar-refractivity contribution in [1.82, 2.24) is 9.36 Å². The molecule has 0 atom stereocenters. The summed E-state index contributed by atoms with van der Waals surface area (Å²) in [6.07, 6.45) is 1.23. The summed E-state index contributed by atoms with van der Waals surface area (Å²) in [6.45, 7) is 0. The van der Waals surface area contributed by atoms with Crippen LogP contribution in [-0.2, 0) is 10.0 Å². The van der Waals surface area contributed by atoms with E-state index >= 15 is 0 Å². The largest absolute Gasteiger partial charge is 0.455 e. The molecule has 0 aliphatic carbocycles. The van der Waals surface area contributed by atoms with E-state index in [1.54, 1.807) is 36.4 Å². The third kappa shape index (κ3) is 4.53. The molecule has 4 aromatic rings. The maximum Gasteiger partial charge on any atom is 0.263 e.